The first-order chi connectivity index (χ1) is 14.0. The minimum atomic E-state index is -3.54. The molecule has 1 aliphatic carbocycles. The maximum Gasteiger partial charge on any atom is 0.237 e. The van der Waals surface area contributed by atoms with E-state index in [-0.39, 0.29) is 36.5 Å². The third-order valence-corrected chi connectivity index (χ3v) is 7.67. The molecule has 0 spiro atoms. The summed E-state index contributed by atoms with van der Waals surface area (Å²) in [5.41, 5.74) is 3.89. The predicted molar refractivity (Wildman–Crippen MR) is 121 cm³/mol. The van der Waals surface area contributed by atoms with Crippen LogP contribution >= 0.6 is 0 Å². The summed E-state index contributed by atoms with van der Waals surface area (Å²) < 4.78 is 24.8. The lowest BCUT2D eigenvalue weighted by Gasteiger charge is -2.33. The zero-order valence-electron chi connectivity index (χ0n) is 19.0. The second-order valence-electron chi connectivity index (χ2n) is 8.94. The van der Waals surface area contributed by atoms with Crippen molar-refractivity contribution in [2.24, 2.45) is 5.92 Å². The van der Waals surface area contributed by atoms with Crippen LogP contribution in [0.2, 0.25) is 0 Å². The van der Waals surface area contributed by atoms with E-state index in [9.17, 15) is 18.0 Å². The monoisotopic (exact) mass is 436 g/mol. The Kier molecular flexibility index (Phi) is 8.47. The number of nitrogens with zero attached hydrogens (tertiary/aromatic N) is 1. The maximum absolute atomic E-state index is 12.4. The second kappa shape index (κ2) is 10.4. The summed E-state index contributed by atoms with van der Waals surface area (Å²) in [4.78, 5) is 26.3. The maximum atomic E-state index is 12.4. The first-order valence-corrected chi connectivity index (χ1v) is 12.6. The van der Waals surface area contributed by atoms with E-state index in [1.165, 1.54) is 0 Å². The summed E-state index contributed by atoms with van der Waals surface area (Å²) in [5.74, 6) is -0.516. The van der Waals surface area contributed by atoms with Crippen molar-refractivity contribution in [1.29, 1.82) is 0 Å². The zero-order valence-corrected chi connectivity index (χ0v) is 19.8. The standard InChI is InChI=1S/C23H36N2O4S/c1-16-8-10-20(11-9-16)25(5)22(27)15-30(28,29)12-6-7-21(26)24-23-18(3)13-17(2)14-19(23)4/h13-14,16,20H,6-12,15H2,1-5H3,(H,24,26). The van der Waals surface area contributed by atoms with Crippen LogP contribution < -0.4 is 5.32 Å². The number of amides is 2. The lowest BCUT2D eigenvalue weighted by Crippen LogP contribution is -2.42. The molecule has 7 heteroatoms. The van der Waals surface area contributed by atoms with Crippen LogP contribution in [-0.2, 0) is 19.4 Å². The summed E-state index contributed by atoms with van der Waals surface area (Å²) in [5, 5.41) is 2.89. The van der Waals surface area contributed by atoms with Crippen LogP contribution in [-0.4, -0.2) is 49.7 Å². The number of sulfone groups is 1. The molecule has 168 valence electrons. The molecule has 0 aliphatic heterocycles. The van der Waals surface area contributed by atoms with Gasteiger partial charge in [0.25, 0.3) is 0 Å². The van der Waals surface area contributed by atoms with E-state index in [4.69, 9.17) is 0 Å². The Balaban J connectivity index is 1.80. The van der Waals surface area contributed by atoms with Crippen molar-refractivity contribution in [3.05, 3.63) is 28.8 Å². The predicted octanol–water partition coefficient (Wildman–Crippen LogP) is 3.78. The molecule has 0 radical (unpaired) electrons. The third kappa shape index (κ3) is 7.11. The van der Waals surface area contributed by atoms with E-state index in [1.807, 2.05) is 32.9 Å². The Morgan fingerprint density at radius 2 is 1.63 bits per heavy atom. The highest BCUT2D eigenvalue weighted by molar-refractivity contribution is 7.92. The minimum absolute atomic E-state index is 0.108. The molecule has 2 amide bonds. The fraction of sp³-hybridized carbons (Fsp3) is 0.652. The van der Waals surface area contributed by atoms with Gasteiger partial charge < -0.3 is 10.2 Å². The average molecular weight is 437 g/mol. The Labute approximate surface area is 181 Å². The second-order valence-corrected chi connectivity index (χ2v) is 11.1. The molecule has 1 aliphatic rings. The van der Waals surface area contributed by atoms with Crippen molar-refractivity contribution in [3.8, 4) is 0 Å². The van der Waals surface area contributed by atoms with Gasteiger partial charge >= 0.3 is 0 Å². The molecule has 0 bridgehead atoms. The molecule has 30 heavy (non-hydrogen) atoms. The van der Waals surface area contributed by atoms with Gasteiger partial charge in [0.05, 0.1) is 5.75 Å². The van der Waals surface area contributed by atoms with Gasteiger partial charge in [-0.2, -0.15) is 0 Å². The zero-order chi connectivity index (χ0) is 22.5. The summed E-state index contributed by atoms with van der Waals surface area (Å²) in [6.07, 6.45) is 4.32. The molecule has 0 atom stereocenters. The van der Waals surface area contributed by atoms with E-state index in [1.54, 1.807) is 11.9 Å². The Hall–Kier alpha value is -1.89. The van der Waals surface area contributed by atoms with Crippen molar-refractivity contribution < 1.29 is 18.0 Å². The van der Waals surface area contributed by atoms with Crippen LogP contribution in [0.4, 0.5) is 5.69 Å². The summed E-state index contributed by atoms with van der Waals surface area (Å²) in [6, 6.07) is 4.14. The lowest BCUT2D eigenvalue weighted by atomic mass is 9.87. The highest BCUT2D eigenvalue weighted by Gasteiger charge is 2.27. The third-order valence-electron chi connectivity index (χ3n) is 6.07. The Bertz CT molecular complexity index is 848. The molecule has 0 heterocycles. The van der Waals surface area contributed by atoms with Crippen molar-refractivity contribution >= 4 is 27.3 Å². The number of aryl methyl sites for hydroxylation is 3. The van der Waals surface area contributed by atoms with E-state index in [0.29, 0.717) is 5.92 Å². The molecule has 1 aromatic rings. The fourth-order valence-corrected chi connectivity index (χ4v) is 5.54. The molecule has 6 nitrogen and oxygen atoms in total. The van der Waals surface area contributed by atoms with Crippen LogP contribution in [0, 0.1) is 26.7 Å². The Morgan fingerprint density at radius 1 is 1.07 bits per heavy atom. The van der Waals surface area contributed by atoms with Crippen molar-refractivity contribution in [3.63, 3.8) is 0 Å². The summed E-state index contributed by atoms with van der Waals surface area (Å²) in [7, 11) is -1.83. The van der Waals surface area contributed by atoms with Crippen molar-refractivity contribution in [2.75, 3.05) is 23.9 Å². The van der Waals surface area contributed by atoms with E-state index in [0.717, 1.165) is 48.1 Å². The molecule has 1 aromatic carbocycles. The normalized spacial score (nSPS) is 19.4. The number of benzene rings is 1. The number of hydrogen-bond donors (Lipinski definition) is 1. The number of rotatable bonds is 8. The fourth-order valence-electron chi connectivity index (χ4n) is 4.23. The Morgan fingerprint density at radius 3 is 2.20 bits per heavy atom. The average Bonchev–Trinajstić information content (AvgIpc) is 2.64. The number of carbonyl (C=O) groups is 2. The van der Waals surface area contributed by atoms with Crippen LogP contribution in [0.15, 0.2) is 12.1 Å². The van der Waals surface area contributed by atoms with Gasteiger partial charge in [-0.15, -0.1) is 0 Å². The molecular formula is C23H36N2O4S. The number of carbonyl (C=O) groups excluding carboxylic acids is 2. The van der Waals surface area contributed by atoms with Gasteiger partial charge in [-0.05, 0) is 69.9 Å². The first-order valence-electron chi connectivity index (χ1n) is 10.8. The highest BCUT2D eigenvalue weighted by Crippen LogP contribution is 2.26. The molecule has 0 unspecified atom stereocenters. The summed E-state index contributed by atoms with van der Waals surface area (Å²) >= 11 is 0. The molecule has 0 aromatic heterocycles. The van der Waals surface area contributed by atoms with E-state index >= 15 is 0 Å². The van der Waals surface area contributed by atoms with Crippen molar-refractivity contribution in [1.82, 2.24) is 4.90 Å². The SMILES string of the molecule is Cc1cc(C)c(NC(=O)CCCS(=O)(=O)CC(=O)N(C)C2CCC(C)CC2)c(C)c1. The molecule has 0 saturated heterocycles. The lowest BCUT2D eigenvalue weighted by molar-refractivity contribution is -0.129. The molecule has 1 saturated carbocycles. The minimum Gasteiger partial charge on any atom is -0.342 e. The van der Waals surface area contributed by atoms with Gasteiger partial charge in [-0.25, -0.2) is 8.42 Å². The topological polar surface area (TPSA) is 83.5 Å². The van der Waals surface area contributed by atoms with Gasteiger partial charge in [0.2, 0.25) is 11.8 Å². The highest BCUT2D eigenvalue weighted by atomic mass is 32.2. The van der Waals surface area contributed by atoms with Gasteiger partial charge in [0.15, 0.2) is 9.84 Å². The smallest absolute Gasteiger partial charge is 0.237 e. The van der Waals surface area contributed by atoms with Crippen molar-refractivity contribution in [2.45, 2.75) is 72.3 Å². The van der Waals surface area contributed by atoms with Gasteiger partial charge in [-0.3, -0.25) is 9.59 Å². The molecule has 1 N–H and O–H groups in total. The first kappa shape index (κ1) is 24.4. The van der Waals surface area contributed by atoms with Crippen LogP contribution in [0.5, 0.6) is 0 Å². The van der Waals surface area contributed by atoms with Gasteiger partial charge in [0.1, 0.15) is 5.75 Å². The molecule has 2 rings (SSSR count). The molecule has 1 fully saturated rings. The van der Waals surface area contributed by atoms with Crippen LogP contribution in [0.3, 0.4) is 0 Å². The number of nitrogens with one attached hydrogen (secondary N) is 1. The number of anilines is 1. The van der Waals surface area contributed by atoms with E-state index in [2.05, 4.69) is 12.2 Å². The van der Waals surface area contributed by atoms with Gasteiger partial charge in [-0.1, -0.05) is 24.6 Å². The largest absolute Gasteiger partial charge is 0.342 e. The quantitative estimate of drug-likeness (QED) is 0.672. The summed E-state index contributed by atoms with van der Waals surface area (Å²) in [6.45, 7) is 8.09. The van der Waals surface area contributed by atoms with E-state index < -0.39 is 15.6 Å². The van der Waals surface area contributed by atoms with Crippen LogP contribution in [0.1, 0.15) is 62.1 Å². The molecular weight excluding hydrogens is 400 g/mol. The van der Waals surface area contributed by atoms with Crippen LogP contribution in [0.25, 0.3) is 0 Å². The number of hydrogen-bond acceptors (Lipinski definition) is 4. The van der Waals surface area contributed by atoms with Gasteiger partial charge in [0, 0.05) is 25.2 Å².